The normalized spacial score (nSPS) is 16.4. The lowest BCUT2D eigenvalue weighted by Gasteiger charge is -2.12. The number of pyridine rings is 1. The predicted octanol–water partition coefficient (Wildman–Crippen LogP) is 0.983. The van der Waals surface area contributed by atoms with Gasteiger partial charge in [0, 0.05) is 31.6 Å². The minimum Gasteiger partial charge on any atom is -0.477 e. The van der Waals surface area contributed by atoms with E-state index in [2.05, 4.69) is 25.1 Å². The van der Waals surface area contributed by atoms with Crippen LogP contribution in [-0.4, -0.2) is 38.8 Å². The number of carbonyl (C=O) groups is 1. The lowest BCUT2D eigenvalue weighted by atomic mass is 10.1. The molecule has 1 unspecified atom stereocenters. The monoisotopic (exact) mass is 301 g/mol. The van der Waals surface area contributed by atoms with Gasteiger partial charge in [-0.15, -0.1) is 10.2 Å². The molecule has 1 amide bonds. The van der Waals surface area contributed by atoms with Gasteiger partial charge in [-0.3, -0.25) is 4.79 Å². The van der Waals surface area contributed by atoms with E-state index in [0.29, 0.717) is 30.5 Å². The molecule has 3 heterocycles. The fraction of sp³-hybridized carbons (Fsp3) is 0.467. The summed E-state index contributed by atoms with van der Waals surface area (Å²) in [4.78, 5) is 16.4. The zero-order valence-electron chi connectivity index (χ0n) is 12.7. The van der Waals surface area contributed by atoms with Gasteiger partial charge in [0.1, 0.15) is 17.2 Å². The second kappa shape index (κ2) is 6.13. The Kier molecular flexibility index (Phi) is 4.04. The SMILES string of the molecule is CCOc1ncccc1C(=O)NCC1Cc2nnc(C)n2C1. The van der Waals surface area contributed by atoms with Crippen LogP contribution in [0.2, 0.25) is 0 Å². The van der Waals surface area contributed by atoms with Gasteiger partial charge in [-0.1, -0.05) is 0 Å². The minimum absolute atomic E-state index is 0.157. The van der Waals surface area contributed by atoms with E-state index < -0.39 is 0 Å². The Morgan fingerprint density at radius 1 is 1.50 bits per heavy atom. The third-order valence-corrected chi connectivity index (χ3v) is 3.77. The molecule has 2 aromatic rings. The van der Waals surface area contributed by atoms with Gasteiger partial charge in [-0.2, -0.15) is 0 Å². The molecular formula is C15H19N5O2. The average molecular weight is 301 g/mol. The summed E-state index contributed by atoms with van der Waals surface area (Å²) in [6.07, 6.45) is 2.46. The standard InChI is InChI=1S/C15H19N5O2/c1-3-22-15-12(5-4-6-16-15)14(21)17-8-11-7-13-19-18-10(2)20(13)9-11/h4-6,11H,3,7-9H2,1-2H3,(H,17,21). The van der Waals surface area contributed by atoms with E-state index in [1.807, 2.05) is 13.8 Å². The molecule has 0 saturated heterocycles. The number of amides is 1. The van der Waals surface area contributed by atoms with Crippen LogP contribution < -0.4 is 10.1 Å². The highest BCUT2D eigenvalue weighted by Crippen LogP contribution is 2.20. The molecule has 7 nitrogen and oxygen atoms in total. The first-order valence-corrected chi connectivity index (χ1v) is 7.43. The van der Waals surface area contributed by atoms with Crippen molar-refractivity contribution in [2.45, 2.75) is 26.8 Å². The molecule has 2 aromatic heterocycles. The number of hydrogen-bond acceptors (Lipinski definition) is 5. The molecule has 0 fully saturated rings. The highest BCUT2D eigenvalue weighted by molar-refractivity contribution is 5.96. The van der Waals surface area contributed by atoms with E-state index in [4.69, 9.17) is 4.74 Å². The lowest BCUT2D eigenvalue weighted by Crippen LogP contribution is -2.30. The van der Waals surface area contributed by atoms with Gasteiger partial charge in [-0.25, -0.2) is 4.98 Å². The molecule has 3 rings (SSSR count). The molecule has 7 heteroatoms. The van der Waals surface area contributed by atoms with Crippen LogP contribution >= 0.6 is 0 Å². The van der Waals surface area contributed by atoms with Crippen LogP contribution in [0.5, 0.6) is 5.88 Å². The van der Waals surface area contributed by atoms with Crippen LogP contribution in [0.15, 0.2) is 18.3 Å². The first-order chi connectivity index (χ1) is 10.7. The Balaban J connectivity index is 1.60. The minimum atomic E-state index is -0.157. The van der Waals surface area contributed by atoms with Crippen molar-refractivity contribution in [3.05, 3.63) is 35.5 Å². The van der Waals surface area contributed by atoms with Crippen LogP contribution in [0.3, 0.4) is 0 Å². The van der Waals surface area contributed by atoms with E-state index in [1.54, 1.807) is 18.3 Å². The molecule has 1 aliphatic heterocycles. The molecule has 0 saturated carbocycles. The van der Waals surface area contributed by atoms with Crippen LogP contribution in [0.1, 0.15) is 28.9 Å². The zero-order valence-corrected chi connectivity index (χ0v) is 12.7. The average Bonchev–Trinajstić information content (AvgIpc) is 3.08. The molecule has 1 aliphatic rings. The smallest absolute Gasteiger partial charge is 0.256 e. The predicted molar refractivity (Wildman–Crippen MR) is 79.7 cm³/mol. The van der Waals surface area contributed by atoms with E-state index >= 15 is 0 Å². The highest BCUT2D eigenvalue weighted by atomic mass is 16.5. The van der Waals surface area contributed by atoms with Crippen molar-refractivity contribution in [2.24, 2.45) is 5.92 Å². The van der Waals surface area contributed by atoms with E-state index in [1.165, 1.54) is 0 Å². The van der Waals surface area contributed by atoms with Crippen LogP contribution in [0, 0.1) is 12.8 Å². The number of rotatable bonds is 5. The topological polar surface area (TPSA) is 81.9 Å². The highest BCUT2D eigenvalue weighted by Gasteiger charge is 2.25. The van der Waals surface area contributed by atoms with Crippen molar-refractivity contribution in [1.29, 1.82) is 0 Å². The van der Waals surface area contributed by atoms with Crippen molar-refractivity contribution in [2.75, 3.05) is 13.2 Å². The number of carbonyl (C=O) groups excluding carboxylic acids is 1. The van der Waals surface area contributed by atoms with Crippen molar-refractivity contribution >= 4 is 5.91 Å². The number of nitrogens with zero attached hydrogens (tertiary/aromatic N) is 4. The van der Waals surface area contributed by atoms with Crippen LogP contribution in [0.25, 0.3) is 0 Å². The number of aromatic nitrogens is 4. The molecule has 0 aromatic carbocycles. The summed E-state index contributed by atoms with van der Waals surface area (Å²) in [5.41, 5.74) is 0.470. The summed E-state index contributed by atoms with van der Waals surface area (Å²) in [6, 6.07) is 3.46. The number of hydrogen-bond donors (Lipinski definition) is 1. The first-order valence-electron chi connectivity index (χ1n) is 7.43. The van der Waals surface area contributed by atoms with Gasteiger partial charge >= 0.3 is 0 Å². The first kappa shape index (κ1) is 14.5. The quantitative estimate of drug-likeness (QED) is 0.890. The Labute approximate surface area is 128 Å². The Morgan fingerprint density at radius 2 is 2.36 bits per heavy atom. The number of ether oxygens (including phenoxy) is 1. The molecule has 0 bridgehead atoms. The third-order valence-electron chi connectivity index (χ3n) is 3.77. The number of aryl methyl sites for hydroxylation is 1. The summed E-state index contributed by atoms with van der Waals surface area (Å²) >= 11 is 0. The maximum atomic E-state index is 12.3. The van der Waals surface area contributed by atoms with Gasteiger partial charge in [0.15, 0.2) is 0 Å². The van der Waals surface area contributed by atoms with Gasteiger partial charge in [-0.05, 0) is 26.0 Å². The zero-order chi connectivity index (χ0) is 15.5. The Hall–Kier alpha value is -2.44. The summed E-state index contributed by atoms with van der Waals surface area (Å²) in [5, 5.41) is 11.2. The lowest BCUT2D eigenvalue weighted by molar-refractivity contribution is 0.0942. The summed E-state index contributed by atoms with van der Waals surface area (Å²) in [6.45, 7) is 5.74. The maximum absolute atomic E-state index is 12.3. The largest absolute Gasteiger partial charge is 0.477 e. The van der Waals surface area contributed by atoms with Crippen molar-refractivity contribution in [3.63, 3.8) is 0 Å². The molecule has 0 spiro atoms. The number of fused-ring (bicyclic) bond motifs is 1. The fourth-order valence-electron chi connectivity index (χ4n) is 2.68. The molecule has 0 aliphatic carbocycles. The van der Waals surface area contributed by atoms with Crippen molar-refractivity contribution in [3.8, 4) is 5.88 Å². The molecule has 116 valence electrons. The summed E-state index contributed by atoms with van der Waals surface area (Å²) < 4.78 is 7.49. The molecule has 1 atom stereocenters. The summed E-state index contributed by atoms with van der Waals surface area (Å²) in [7, 11) is 0. The summed E-state index contributed by atoms with van der Waals surface area (Å²) in [5.74, 6) is 2.49. The van der Waals surface area contributed by atoms with Crippen LogP contribution in [0.4, 0.5) is 0 Å². The second-order valence-corrected chi connectivity index (χ2v) is 5.34. The van der Waals surface area contributed by atoms with Crippen LogP contribution in [-0.2, 0) is 13.0 Å². The van der Waals surface area contributed by atoms with E-state index in [0.717, 1.165) is 24.6 Å². The molecule has 22 heavy (non-hydrogen) atoms. The number of nitrogens with one attached hydrogen (secondary N) is 1. The molecule has 0 radical (unpaired) electrons. The Morgan fingerprint density at radius 3 is 3.14 bits per heavy atom. The second-order valence-electron chi connectivity index (χ2n) is 5.34. The van der Waals surface area contributed by atoms with Crippen molar-refractivity contribution < 1.29 is 9.53 Å². The van der Waals surface area contributed by atoms with E-state index in [9.17, 15) is 4.79 Å². The Bertz CT molecular complexity index is 682. The van der Waals surface area contributed by atoms with Gasteiger partial charge in [0.25, 0.3) is 5.91 Å². The third kappa shape index (κ3) is 2.79. The van der Waals surface area contributed by atoms with Gasteiger partial charge < -0.3 is 14.6 Å². The van der Waals surface area contributed by atoms with Gasteiger partial charge in [0.2, 0.25) is 5.88 Å². The molecule has 1 N–H and O–H groups in total. The maximum Gasteiger partial charge on any atom is 0.256 e. The molecular weight excluding hydrogens is 282 g/mol. The van der Waals surface area contributed by atoms with E-state index in [-0.39, 0.29) is 5.91 Å². The fourth-order valence-corrected chi connectivity index (χ4v) is 2.68. The van der Waals surface area contributed by atoms with Crippen molar-refractivity contribution in [1.82, 2.24) is 25.1 Å². The van der Waals surface area contributed by atoms with Gasteiger partial charge in [0.05, 0.1) is 6.61 Å².